The quantitative estimate of drug-likeness (QED) is 0.484. The van der Waals surface area contributed by atoms with Gasteiger partial charge < -0.3 is 31.3 Å². The molecule has 0 fully saturated rings. The van der Waals surface area contributed by atoms with Crippen LogP contribution in [-0.4, -0.2) is 25.0 Å². The number of carboxylic acid groups (broad SMARTS) is 2. The smallest absolute Gasteiger partial charge is 0.550 e. The third kappa shape index (κ3) is 7420. The van der Waals surface area contributed by atoms with Gasteiger partial charge in [-0.2, -0.15) is 0 Å². The van der Waals surface area contributed by atoms with E-state index in [0.29, 0.717) is 13.1 Å². The second kappa shape index (κ2) is 22.5. The van der Waals surface area contributed by atoms with Gasteiger partial charge in [-0.25, -0.2) is 0 Å². The summed E-state index contributed by atoms with van der Waals surface area (Å²) < 4.78 is 0. The molecular weight excluding hydrogens is 223 g/mol. The van der Waals surface area contributed by atoms with Crippen LogP contribution in [0, 0.1) is 0 Å². The average molecular weight is 237 g/mol. The molecule has 0 amide bonds. The van der Waals surface area contributed by atoms with Gasteiger partial charge in [0.15, 0.2) is 0 Å². The molecule has 0 heterocycles. The van der Waals surface area contributed by atoms with Gasteiger partial charge in [-0.05, 0) is 13.8 Å². The zero-order chi connectivity index (χ0) is 10.6. The molecule has 0 atom stereocenters. The van der Waals surface area contributed by atoms with E-state index in [0.717, 1.165) is 13.8 Å². The maximum atomic E-state index is 8.89. The van der Waals surface area contributed by atoms with Crippen molar-refractivity contribution in [1.82, 2.24) is 0 Å². The van der Waals surface area contributed by atoms with Crippen LogP contribution in [0.15, 0.2) is 0 Å². The van der Waals surface area contributed by atoms with Crippen LogP contribution in [0.2, 0.25) is 0 Å². The fraction of sp³-hybridized carbons (Fsp3) is 0.667. The number of rotatable bonds is 1. The molecule has 0 aliphatic heterocycles. The molecule has 0 bridgehead atoms. The second-order valence-corrected chi connectivity index (χ2v) is 1.56. The zero-order valence-electron chi connectivity index (χ0n) is 7.54. The predicted octanol–water partition coefficient (Wildman–Crippen LogP) is -3.59. The molecule has 7 heteroatoms. The van der Waals surface area contributed by atoms with Crippen molar-refractivity contribution < 1.29 is 36.6 Å². The first-order valence-corrected chi connectivity index (χ1v) is 3.13. The molecule has 0 aliphatic rings. The molecular formula is C6H14CoN2O4. The number of hydrogen-bond acceptors (Lipinski definition) is 6. The van der Waals surface area contributed by atoms with E-state index in [9.17, 15) is 0 Å². The Balaban J connectivity index is -0.0000000450. The Morgan fingerprint density at radius 3 is 1.08 bits per heavy atom. The molecule has 13 heavy (non-hydrogen) atoms. The van der Waals surface area contributed by atoms with Crippen molar-refractivity contribution in [2.45, 2.75) is 13.8 Å². The largest absolute Gasteiger partial charge is 2.00 e. The van der Waals surface area contributed by atoms with Crippen LogP contribution in [0.3, 0.4) is 0 Å². The molecule has 6 nitrogen and oxygen atoms in total. The van der Waals surface area contributed by atoms with Crippen LogP contribution in [0.5, 0.6) is 0 Å². The molecule has 0 aromatic rings. The summed E-state index contributed by atoms with van der Waals surface area (Å²) in [6, 6.07) is 0. The van der Waals surface area contributed by atoms with Gasteiger partial charge in [0, 0.05) is 25.0 Å². The summed E-state index contributed by atoms with van der Waals surface area (Å²) in [6.45, 7) is 3.14. The van der Waals surface area contributed by atoms with E-state index in [2.05, 4.69) is 0 Å². The Hall–Kier alpha value is -0.634. The summed E-state index contributed by atoms with van der Waals surface area (Å²) >= 11 is 0. The number of carbonyl (C=O) groups is 2. The van der Waals surface area contributed by atoms with Crippen LogP contribution in [0.4, 0.5) is 0 Å². The second-order valence-electron chi connectivity index (χ2n) is 1.56. The maximum absolute atomic E-state index is 8.89. The van der Waals surface area contributed by atoms with Gasteiger partial charge in [0.2, 0.25) is 0 Å². The first kappa shape index (κ1) is 22.8. The summed E-state index contributed by atoms with van der Waals surface area (Å²) in [7, 11) is 0. The maximum Gasteiger partial charge on any atom is 2.00 e. The van der Waals surface area contributed by atoms with Gasteiger partial charge in [0.05, 0.1) is 0 Å². The van der Waals surface area contributed by atoms with Crippen LogP contribution >= 0.6 is 0 Å². The van der Waals surface area contributed by atoms with Crippen molar-refractivity contribution in [3.8, 4) is 0 Å². The minimum Gasteiger partial charge on any atom is -0.550 e. The van der Waals surface area contributed by atoms with Crippen molar-refractivity contribution in [2.24, 2.45) is 11.5 Å². The number of carbonyl (C=O) groups excluding carboxylic acids is 2. The first-order chi connectivity index (χ1) is 5.38. The van der Waals surface area contributed by atoms with Gasteiger partial charge in [0.25, 0.3) is 0 Å². The monoisotopic (exact) mass is 237 g/mol. The Bertz CT molecular complexity index is 99.2. The molecule has 1 radical (unpaired) electrons. The van der Waals surface area contributed by atoms with E-state index in [-0.39, 0.29) is 16.8 Å². The fourth-order valence-electron chi connectivity index (χ4n) is 0. The molecule has 0 saturated heterocycles. The number of carboxylic acids is 2. The molecule has 0 saturated carbocycles. The number of hydrogen-bond donors (Lipinski definition) is 2. The van der Waals surface area contributed by atoms with Crippen molar-refractivity contribution in [3.05, 3.63) is 0 Å². The summed E-state index contributed by atoms with van der Waals surface area (Å²) in [6.07, 6.45) is 0. The molecule has 0 aliphatic carbocycles. The van der Waals surface area contributed by atoms with Gasteiger partial charge in [-0.15, -0.1) is 0 Å². The minimum atomic E-state index is -1.08. The van der Waals surface area contributed by atoms with Gasteiger partial charge in [-0.3, -0.25) is 0 Å². The molecule has 0 spiro atoms. The SMILES string of the molecule is CC(=O)[O-].CC(=O)[O-].NCCN.[Co+2]. The number of nitrogens with two attached hydrogens (primary N) is 2. The van der Waals surface area contributed by atoms with E-state index < -0.39 is 11.9 Å². The van der Waals surface area contributed by atoms with Crippen LogP contribution in [0.25, 0.3) is 0 Å². The Labute approximate surface area is 87.5 Å². The van der Waals surface area contributed by atoms with Gasteiger partial charge >= 0.3 is 16.8 Å². The van der Waals surface area contributed by atoms with Crippen LogP contribution in [0.1, 0.15) is 13.8 Å². The Kier molecular flexibility index (Phi) is 39.5. The molecule has 0 aromatic carbocycles. The van der Waals surface area contributed by atoms with Gasteiger partial charge in [-0.1, -0.05) is 0 Å². The predicted molar refractivity (Wildman–Crippen MR) is 39.5 cm³/mol. The summed E-state index contributed by atoms with van der Waals surface area (Å²) in [4.78, 5) is 17.8. The molecule has 81 valence electrons. The Morgan fingerprint density at radius 2 is 1.08 bits per heavy atom. The molecule has 0 unspecified atom stereocenters. The average Bonchev–Trinajstić information content (AvgIpc) is 1.85. The number of aliphatic carboxylic acids is 2. The van der Waals surface area contributed by atoms with Crippen molar-refractivity contribution in [1.29, 1.82) is 0 Å². The van der Waals surface area contributed by atoms with E-state index in [1.807, 2.05) is 0 Å². The van der Waals surface area contributed by atoms with Crippen LogP contribution < -0.4 is 21.7 Å². The third-order valence-corrected chi connectivity index (χ3v) is 0.167. The van der Waals surface area contributed by atoms with E-state index in [1.165, 1.54) is 0 Å². The molecule has 4 N–H and O–H groups in total. The topological polar surface area (TPSA) is 132 Å². The van der Waals surface area contributed by atoms with E-state index in [4.69, 9.17) is 31.3 Å². The fourth-order valence-corrected chi connectivity index (χ4v) is 0. The van der Waals surface area contributed by atoms with E-state index in [1.54, 1.807) is 0 Å². The Morgan fingerprint density at radius 1 is 1.00 bits per heavy atom. The standard InChI is InChI=1S/C2H8N2.2C2H4O2.Co/c3-1-2-4;2*1-2(3)4;/h1-4H2;2*1H3,(H,3,4);/q;;;+2/p-2. The minimum absolute atomic E-state index is 0. The summed E-state index contributed by atoms with van der Waals surface area (Å²) in [5.41, 5.74) is 9.81. The molecule has 0 rings (SSSR count). The normalized spacial score (nSPS) is 6.15. The van der Waals surface area contributed by atoms with Crippen molar-refractivity contribution in [2.75, 3.05) is 13.1 Å². The van der Waals surface area contributed by atoms with Crippen molar-refractivity contribution >= 4 is 11.9 Å². The molecule has 0 aromatic heterocycles. The van der Waals surface area contributed by atoms with Gasteiger partial charge in [0.1, 0.15) is 0 Å². The third-order valence-electron chi connectivity index (χ3n) is 0.167. The van der Waals surface area contributed by atoms with Crippen LogP contribution in [-0.2, 0) is 26.4 Å². The summed E-state index contributed by atoms with van der Waals surface area (Å²) in [5.74, 6) is -2.17. The van der Waals surface area contributed by atoms with Crippen molar-refractivity contribution in [3.63, 3.8) is 0 Å². The van der Waals surface area contributed by atoms with E-state index >= 15 is 0 Å². The first-order valence-electron chi connectivity index (χ1n) is 3.13. The summed E-state index contributed by atoms with van der Waals surface area (Å²) in [5, 5.41) is 17.8. The zero-order valence-corrected chi connectivity index (χ0v) is 8.58.